The summed E-state index contributed by atoms with van der Waals surface area (Å²) in [4.78, 5) is 12.0. The summed E-state index contributed by atoms with van der Waals surface area (Å²) >= 11 is 9.56. The van der Waals surface area contributed by atoms with Crippen LogP contribution in [0.4, 0.5) is 0 Å². The van der Waals surface area contributed by atoms with E-state index in [1.54, 1.807) is 6.07 Å². The van der Waals surface area contributed by atoms with Crippen molar-refractivity contribution in [2.24, 2.45) is 5.92 Å². The fourth-order valence-electron chi connectivity index (χ4n) is 1.76. The van der Waals surface area contributed by atoms with Crippen LogP contribution in [-0.2, 0) is 0 Å². The number of amides is 1. The zero-order chi connectivity index (χ0) is 13.5. The van der Waals surface area contributed by atoms with E-state index in [2.05, 4.69) is 28.2 Å². The molecule has 4 heteroatoms. The third-order valence-electron chi connectivity index (χ3n) is 3.08. The summed E-state index contributed by atoms with van der Waals surface area (Å²) in [7, 11) is 0. The molecule has 1 rings (SSSR count). The average molecular weight is 333 g/mol. The van der Waals surface area contributed by atoms with E-state index in [0.29, 0.717) is 23.0 Å². The first-order chi connectivity index (χ1) is 8.60. The molecule has 18 heavy (non-hydrogen) atoms. The minimum Gasteiger partial charge on any atom is -0.352 e. The van der Waals surface area contributed by atoms with Crippen molar-refractivity contribution < 1.29 is 4.79 Å². The van der Waals surface area contributed by atoms with E-state index >= 15 is 0 Å². The Bertz CT molecular complexity index is 409. The van der Waals surface area contributed by atoms with Crippen LogP contribution in [0, 0.1) is 12.8 Å². The number of nitrogens with one attached hydrogen (secondary N) is 1. The molecule has 1 atom stereocenters. The first-order valence-corrected chi connectivity index (χ1v) is 7.69. The smallest absolute Gasteiger partial charge is 0.252 e. The second kappa shape index (κ2) is 7.80. The largest absolute Gasteiger partial charge is 0.352 e. The van der Waals surface area contributed by atoms with Gasteiger partial charge in [0.2, 0.25) is 0 Å². The van der Waals surface area contributed by atoms with Crippen LogP contribution in [0.2, 0.25) is 5.02 Å². The van der Waals surface area contributed by atoms with Gasteiger partial charge in [0.1, 0.15) is 0 Å². The number of carbonyl (C=O) groups is 1. The molecule has 0 saturated carbocycles. The van der Waals surface area contributed by atoms with Crippen LogP contribution < -0.4 is 5.32 Å². The van der Waals surface area contributed by atoms with E-state index in [0.717, 1.165) is 23.7 Å². The highest BCUT2D eigenvalue weighted by Gasteiger charge is 2.13. The zero-order valence-electron chi connectivity index (χ0n) is 10.8. The van der Waals surface area contributed by atoms with E-state index in [-0.39, 0.29) is 5.91 Å². The lowest BCUT2D eigenvalue weighted by Crippen LogP contribution is -2.29. The van der Waals surface area contributed by atoms with Gasteiger partial charge in [-0.3, -0.25) is 4.79 Å². The van der Waals surface area contributed by atoms with Crippen LogP contribution in [0.1, 0.15) is 35.7 Å². The fraction of sp³-hybridized carbons (Fsp3) is 0.500. The van der Waals surface area contributed by atoms with Crippen molar-refractivity contribution in [1.29, 1.82) is 0 Å². The number of hydrogen-bond acceptors (Lipinski definition) is 1. The lowest BCUT2D eigenvalue weighted by Gasteiger charge is -2.15. The number of carbonyl (C=O) groups excluding carboxylic acids is 1. The molecular weight excluding hydrogens is 314 g/mol. The monoisotopic (exact) mass is 331 g/mol. The quantitative estimate of drug-likeness (QED) is 0.778. The lowest BCUT2D eigenvalue weighted by atomic mass is 10.0. The molecule has 1 unspecified atom stereocenters. The average Bonchev–Trinajstić information content (AvgIpc) is 2.37. The molecule has 0 spiro atoms. The molecule has 0 bridgehead atoms. The topological polar surface area (TPSA) is 29.1 Å². The van der Waals surface area contributed by atoms with Crippen LogP contribution >= 0.6 is 27.5 Å². The number of alkyl halides is 1. The summed E-state index contributed by atoms with van der Waals surface area (Å²) in [6, 6.07) is 5.51. The molecule has 0 aliphatic carbocycles. The van der Waals surface area contributed by atoms with Gasteiger partial charge in [-0.25, -0.2) is 0 Å². The van der Waals surface area contributed by atoms with Crippen molar-refractivity contribution in [3.05, 3.63) is 34.3 Å². The van der Waals surface area contributed by atoms with Crippen molar-refractivity contribution >= 4 is 33.4 Å². The predicted octanol–water partition coefficient (Wildman–Crippen LogP) is 4.19. The van der Waals surface area contributed by atoms with E-state index in [1.165, 1.54) is 0 Å². The van der Waals surface area contributed by atoms with Crippen molar-refractivity contribution in [3.8, 4) is 0 Å². The molecule has 0 saturated heterocycles. The molecule has 0 aliphatic heterocycles. The van der Waals surface area contributed by atoms with Crippen molar-refractivity contribution in [1.82, 2.24) is 5.32 Å². The van der Waals surface area contributed by atoms with Gasteiger partial charge < -0.3 is 5.32 Å². The van der Waals surface area contributed by atoms with Gasteiger partial charge in [-0.2, -0.15) is 0 Å². The van der Waals surface area contributed by atoms with Gasteiger partial charge in [-0.1, -0.05) is 53.0 Å². The first kappa shape index (κ1) is 15.5. The van der Waals surface area contributed by atoms with Crippen LogP contribution in [0.3, 0.4) is 0 Å². The van der Waals surface area contributed by atoms with Gasteiger partial charge >= 0.3 is 0 Å². The van der Waals surface area contributed by atoms with Crippen LogP contribution in [-0.4, -0.2) is 17.8 Å². The molecule has 0 aliphatic rings. The molecule has 0 aromatic heterocycles. The van der Waals surface area contributed by atoms with E-state index in [4.69, 9.17) is 11.6 Å². The molecule has 0 radical (unpaired) electrons. The van der Waals surface area contributed by atoms with Crippen molar-refractivity contribution in [2.45, 2.75) is 26.7 Å². The summed E-state index contributed by atoms with van der Waals surface area (Å²) in [5, 5.41) is 4.47. The highest BCUT2D eigenvalue weighted by Crippen LogP contribution is 2.20. The predicted molar refractivity (Wildman–Crippen MR) is 80.7 cm³/mol. The molecule has 2 nitrogen and oxygen atoms in total. The minimum atomic E-state index is -0.0864. The summed E-state index contributed by atoms with van der Waals surface area (Å²) in [6.45, 7) is 4.74. The summed E-state index contributed by atoms with van der Waals surface area (Å²) in [5.41, 5.74) is 1.49. The van der Waals surface area contributed by atoms with Gasteiger partial charge in [0.15, 0.2) is 0 Å². The van der Waals surface area contributed by atoms with E-state index < -0.39 is 0 Å². The maximum atomic E-state index is 12.0. The van der Waals surface area contributed by atoms with Gasteiger partial charge in [0.05, 0.1) is 10.6 Å². The SMILES string of the molecule is CCC(CCBr)CNC(=O)c1cccc(C)c1Cl. The maximum absolute atomic E-state index is 12.0. The van der Waals surface area contributed by atoms with Crippen LogP contribution in [0.25, 0.3) is 0 Å². The molecule has 0 fully saturated rings. The second-order valence-electron chi connectivity index (χ2n) is 4.40. The highest BCUT2D eigenvalue weighted by atomic mass is 79.9. The Kier molecular flexibility index (Phi) is 6.72. The number of benzene rings is 1. The Labute approximate surface area is 122 Å². The summed E-state index contributed by atoms with van der Waals surface area (Å²) in [5.74, 6) is 0.425. The molecule has 1 aromatic rings. The van der Waals surface area contributed by atoms with Crippen molar-refractivity contribution in [3.63, 3.8) is 0 Å². The molecule has 1 amide bonds. The number of halogens is 2. The second-order valence-corrected chi connectivity index (χ2v) is 5.57. The Balaban J connectivity index is 2.62. The highest BCUT2D eigenvalue weighted by molar-refractivity contribution is 9.09. The van der Waals surface area contributed by atoms with Crippen LogP contribution in [0.15, 0.2) is 18.2 Å². The normalized spacial score (nSPS) is 12.2. The Morgan fingerprint density at radius 2 is 2.22 bits per heavy atom. The molecule has 100 valence electrons. The van der Waals surface area contributed by atoms with Gasteiger partial charge in [-0.05, 0) is 30.9 Å². The number of hydrogen-bond donors (Lipinski definition) is 1. The Morgan fingerprint density at radius 3 is 2.83 bits per heavy atom. The summed E-state index contributed by atoms with van der Waals surface area (Å²) in [6.07, 6.45) is 2.13. The van der Waals surface area contributed by atoms with Crippen molar-refractivity contribution in [2.75, 3.05) is 11.9 Å². The molecule has 1 aromatic carbocycles. The molecular formula is C14H19BrClNO. The standard InChI is InChI=1S/C14H19BrClNO/c1-3-11(7-8-15)9-17-14(18)12-6-4-5-10(2)13(12)16/h4-6,11H,3,7-9H2,1-2H3,(H,17,18). The molecule has 1 N–H and O–H groups in total. The van der Waals surface area contributed by atoms with Gasteiger partial charge in [-0.15, -0.1) is 0 Å². The van der Waals surface area contributed by atoms with Gasteiger partial charge in [0.25, 0.3) is 5.91 Å². The maximum Gasteiger partial charge on any atom is 0.252 e. The minimum absolute atomic E-state index is 0.0864. The first-order valence-electron chi connectivity index (χ1n) is 6.19. The van der Waals surface area contributed by atoms with E-state index in [1.807, 2.05) is 19.1 Å². The lowest BCUT2D eigenvalue weighted by molar-refractivity contribution is 0.0946. The van der Waals surface area contributed by atoms with E-state index in [9.17, 15) is 4.79 Å². The summed E-state index contributed by atoms with van der Waals surface area (Å²) < 4.78 is 0. The fourth-order valence-corrected chi connectivity index (χ4v) is 2.62. The number of rotatable bonds is 6. The molecule has 0 heterocycles. The number of aryl methyl sites for hydroxylation is 1. The van der Waals surface area contributed by atoms with Gasteiger partial charge in [0, 0.05) is 11.9 Å². The Hall–Kier alpha value is -0.540. The third kappa shape index (κ3) is 4.29. The Morgan fingerprint density at radius 1 is 1.50 bits per heavy atom. The zero-order valence-corrected chi connectivity index (χ0v) is 13.1. The third-order valence-corrected chi connectivity index (χ3v) is 4.04. The van der Waals surface area contributed by atoms with Crippen LogP contribution in [0.5, 0.6) is 0 Å².